The molecule has 2 N–H and O–H groups in total. The van der Waals surface area contributed by atoms with E-state index in [1.54, 1.807) is 18.2 Å². The minimum atomic E-state index is -0.751. The SMILES string of the molecule is O=C1NC(=O)N(c2cccc3ccccc23)C(=O)/C1=C\C1=CC=CCN1. The van der Waals surface area contributed by atoms with Gasteiger partial charge in [-0.25, -0.2) is 9.69 Å². The summed E-state index contributed by atoms with van der Waals surface area (Å²) in [5.41, 5.74) is 0.985. The molecule has 0 saturated carbocycles. The molecule has 0 unspecified atom stereocenters. The highest BCUT2D eigenvalue weighted by molar-refractivity contribution is 6.38. The number of anilines is 1. The summed E-state index contributed by atoms with van der Waals surface area (Å²) in [6.45, 7) is 0.609. The number of benzene rings is 2. The maximum atomic E-state index is 13.0. The van der Waals surface area contributed by atoms with Crippen LogP contribution in [0.5, 0.6) is 0 Å². The Morgan fingerprint density at radius 3 is 2.62 bits per heavy atom. The van der Waals surface area contributed by atoms with Crippen LogP contribution in [-0.4, -0.2) is 24.4 Å². The first-order valence-corrected chi connectivity index (χ1v) is 8.15. The van der Waals surface area contributed by atoms with Gasteiger partial charge >= 0.3 is 6.03 Å². The predicted octanol–water partition coefficient (Wildman–Crippen LogP) is 2.39. The molecule has 6 nitrogen and oxygen atoms in total. The minimum Gasteiger partial charge on any atom is -0.382 e. The molecule has 0 aromatic heterocycles. The van der Waals surface area contributed by atoms with Gasteiger partial charge in [0.05, 0.1) is 5.69 Å². The first-order valence-electron chi connectivity index (χ1n) is 8.15. The molecule has 2 aliphatic heterocycles. The van der Waals surface area contributed by atoms with Crippen molar-refractivity contribution in [2.24, 2.45) is 0 Å². The third-order valence-electron chi connectivity index (χ3n) is 4.24. The number of rotatable bonds is 2. The Bertz CT molecular complexity index is 1030. The number of barbiturate groups is 1. The monoisotopic (exact) mass is 345 g/mol. The fourth-order valence-corrected chi connectivity index (χ4v) is 3.01. The molecular weight excluding hydrogens is 330 g/mol. The van der Waals surface area contributed by atoms with E-state index in [4.69, 9.17) is 0 Å². The lowest BCUT2D eigenvalue weighted by Gasteiger charge is -2.27. The quantitative estimate of drug-likeness (QED) is 0.647. The lowest BCUT2D eigenvalue weighted by molar-refractivity contribution is -0.122. The van der Waals surface area contributed by atoms with Gasteiger partial charge in [0, 0.05) is 17.6 Å². The predicted molar refractivity (Wildman–Crippen MR) is 98.3 cm³/mol. The summed E-state index contributed by atoms with van der Waals surface area (Å²) < 4.78 is 0. The second-order valence-electron chi connectivity index (χ2n) is 5.89. The van der Waals surface area contributed by atoms with Crippen LogP contribution in [0.4, 0.5) is 10.5 Å². The molecule has 128 valence electrons. The van der Waals surface area contributed by atoms with Crippen molar-refractivity contribution in [1.29, 1.82) is 0 Å². The standard InChI is InChI=1S/C20H15N3O3/c24-18-16(12-14-8-3-4-11-21-14)19(25)23(20(26)22-18)17-10-5-7-13-6-1-2-9-15(13)17/h1-10,12,21H,11H2,(H,22,24,26)/b16-12-. The van der Waals surface area contributed by atoms with Crippen molar-refractivity contribution in [2.75, 3.05) is 11.4 Å². The van der Waals surface area contributed by atoms with Gasteiger partial charge in [0.25, 0.3) is 11.8 Å². The summed E-state index contributed by atoms with van der Waals surface area (Å²) >= 11 is 0. The highest BCUT2D eigenvalue weighted by atomic mass is 16.2. The molecule has 2 aromatic rings. The summed E-state index contributed by atoms with van der Waals surface area (Å²) in [6.07, 6.45) is 6.97. The lowest BCUT2D eigenvalue weighted by atomic mass is 10.1. The Hall–Kier alpha value is -3.67. The van der Waals surface area contributed by atoms with Crippen molar-refractivity contribution in [1.82, 2.24) is 10.6 Å². The van der Waals surface area contributed by atoms with Gasteiger partial charge in [0.2, 0.25) is 0 Å². The normalized spacial score (nSPS) is 18.8. The second kappa shape index (κ2) is 6.33. The zero-order valence-corrected chi connectivity index (χ0v) is 13.7. The molecule has 2 aromatic carbocycles. The summed E-state index contributed by atoms with van der Waals surface area (Å²) in [4.78, 5) is 38.6. The first-order chi connectivity index (χ1) is 12.6. The number of urea groups is 1. The summed E-state index contributed by atoms with van der Waals surface area (Å²) in [5.74, 6) is -1.35. The fourth-order valence-electron chi connectivity index (χ4n) is 3.01. The van der Waals surface area contributed by atoms with E-state index in [9.17, 15) is 14.4 Å². The molecule has 6 heteroatoms. The number of imide groups is 2. The molecule has 0 spiro atoms. The molecule has 1 fully saturated rings. The zero-order chi connectivity index (χ0) is 18.1. The van der Waals surface area contributed by atoms with Crippen molar-refractivity contribution in [3.05, 3.63) is 78.0 Å². The van der Waals surface area contributed by atoms with E-state index >= 15 is 0 Å². The molecule has 0 aliphatic carbocycles. The van der Waals surface area contributed by atoms with Gasteiger partial charge in [0.1, 0.15) is 5.57 Å². The number of fused-ring (bicyclic) bond motifs is 1. The van der Waals surface area contributed by atoms with E-state index in [0.29, 0.717) is 17.9 Å². The second-order valence-corrected chi connectivity index (χ2v) is 5.89. The molecule has 4 rings (SSSR count). The number of carbonyl (C=O) groups excluding carboxylic acids is 3. The third-order valence-corrected chi connectivity index (χ3v) is 4.24. The fraction of sp³-hybridized carbons (Fsp3) is 0.0500. The van der Waals surface area contributed by atoms with Crippen molar-refractivity contribution < 1.29 is 14.4 Å². The first kappa shape index (κ1) is 15.8. The maximum Gasteiger partial charge on any atom is 0.335 e. The summed E-state index contributed by atoms with van der Waals surface area (Å²) in [5, 5.41) is 6.97. The number of dihydropyridines is 1. The zero-order valence-electron chi connectivity index (χ0n) is 13.7. The Labute approximate surface area is 149 Å². The van der Waals surface area contributed by atoms with E-state index in [-0.39, 0.29) is 5.57 Å². The Balaban J connectivity index is 1.80. The molecule has 1 saturated heterocycles. The van der Waals surface area contributed by atoms with Crippen LogP contribution in [0, 0.1) is 0 Å². The van der Waals surface area contributed by atoms with Crippen molar-refractivity contribution >= 4 is 34.3 Å². The molecule has 26 heavy (non-hydrogen) atoms. The van der Waals surface area contributed by atoms with E-state index < -0.39 is 17.8 Å². The third kappa shape index (κ3) is 2.67. The molecule has 2 heterocycles. The average molecular weight is 345 g/mol. The van der Waals surface area contributed by atoms with Gasteiger partial charge in [-0.3, -0.25) is 14.9 Å². The molecule has 0 atom stereocenters. The molecule has 0 bridgehead atoms. The van der Waals surface area contributed by atoms with Crippen molar-refractivity contribution in [2.45, 2.75) is 0 Å². The number of nitrogens with zero attached hydrogens (tertiary/aromatic N) is 1. The van der Waals surface area contributed by atoms with Crippen LogP contribution in [0.15, 0.2) is 78.0 Å². The Morgan fingerprint density at radius 1 is 1.00 bits per heavy atom. The van der Waals surface area contributed by atoms with E-state index in [1.807, 2.05) is 42.5 Å². The van der Waals surface area contributed by atoms with E-state index in [1.165, 1.54) is 6.08 Å². The highest BCUT2D eigenvalue weighted by Gasteiger charge is 2.37. The van der Waals surface area contributed by atoms with Gasteiger partial charge < -0.3 is 5.32 Å². The average Bonchev–Trinajstić information content (AvgIpc) is 2.66. The largest absolute Gasteiger partial charge is 0.382 e. The lowest BCUT2D eigenvalue weighted by Crippen LogP contribution is -2.54. The molecular formula is C20H15N3O3. The van der Waals surface area contributed by atoms with E-state index in [2.05, 4.69) is 10.6 Å². The van der Waals surface area contributed by atoms with Crippen molar-refractivity contribution in [3.8, 4) is 0 Å². The molecule has 2 aliphatic rings. The van der Waals surface area contributed by atoms with Crippen LogP contribution in [0.1, 0.15) is 0 Å². The van der Waals surface area contributed by atoms with Crippen LogP contribution < -0.4 is 15.5 Å². The Morgan fingerprint density at radius 2 is 1.81 bits per heavy atom. The van der Waals surface area contributed by atoms with Gasteiger partial charge in [-0.15, -0.1) is 0 Å². The Kier molecular flexibility index (Phi) is 3.85. The van der Waals surface area contributed by atoms with Crippen LogP contribution in [0.25, 0.3) is 10.8 Å². The van der Waals surface area contributed by atoms with Crippen molar-refractivity contribution in [3.63, 3.8) is 0 Å². The van der Waals surface area contributed by atoms with Gasteiger partial charge in [-0.2, -0.15) is 0 Å². The number of carbonyl (C=O) groups is 3. The van der Waals surface area contributed by atoms with Gasteiger partial charge in [0.15, 0.2) is 0 Å². The van der Waals surface area contributed by atoms with Gasteiger partial charge in [-0.05, 0) is 23.6 Å². The molecule has 4 amide bonds. The van der Waals surface area contributed by atoms with Crippen LogP contribution >= 0.6 is 0 Å². The highest BCUT2D eigenvalue weighted by Crippen LogP contribution is 2.29. The number of hydrogen-bond acceptors (Lipinski definition) is 4. The number of hydrogen-bond donors (Lipinski definition) is 2. The topological polar surface area (TPSA) is 78.5 Å². The number of allylic oxidation sites excluding steroid dienone is 3. The number of amides is 4. The van der Waals surface area contributed by atoms with Crippen LogP contribution in [0.3, 0.4) is 0 Å². The summed E-state index contributed by atoms with van der Waals surface area (Å²) in [7, 11) is 0. The van der Waals surface area contributed by atoms with Crippen LogP contribution in [-0.2, 0) is 9.59 Å². The summed E-state index contributed by atoms with van der Waals surface area (Å²) in [6, 6.07) is 12.1. The smallest absolute Gasteiger partial charge is 0.335 e. The number of nitrogens with one attached hydrogen (secondary N) is 2. The molecule has 0 radical (unpaired) electrons. The van der Waals surface area contributed by atoms with Crippen LogP contribution in [0.2, 0.25) is 0 Å². The van der Waals surface area contributed by atoms with Gasteiger partial charge in [-0.1, -0.05) is 48.6 Å². The van der Waals surface area contributed by atoms with E-state index in [0.717, 1.165) is 15.7 Å². The minimum absolute atomic E-state index is 0.0911. The maximum absolute atomic E-state index is 13.0.